The van der Waals surface area contributed by atoms with Gasteiger partial charge < -0.3 is 9.15 Å². The molecule has 26 heavy (non-hydrogen) atoms. The Morgan fingerprint density at radius 3 is 2.50 bits per heavy atom. The van der Waals surface area contributed by atoms with E-state index in [0.717, 1.165) is 0 Å². The summed E-state index contributed by atoms with van der Waals surface area (Å²) < 4.78 is 38.4. The van der Waals surface area contributed by atoms with Gasteiger partial charge in [-0.3, -0.25) is 9.29 Å². The van der Waals surface area contributed by atoms with Crippen molar-refractivity contribution in [3.05, 3.63) is 57.5 Å². The number of nitrogens with zero attached hydrogens (tertiary/aromatic N) is 1. The van der Waals surface area contributed by atoms with Gasteiger partial charge in [0.05, 0.1) is 23.2 Å². The normalized spacial score (nSPS) is 11.5. The fraction of sp³-hybridized carbons (Fsp3) is 0.125. The van der Waals surface area contributed by atoms with Crippen LogP contribution in [0.15, 0.2) is 50.5 Å². The van der Waals surface area contributed by atoms with Gasteiger partial charge in [0.15, 0.2) is 5.58 Å². The monoisotopic (exact) mass is 396 g/mol. The van der Waals surface area contributed by atoms with Gasteiger partial charge >= 0.3 is 11.7 Å². The van der Waals surface area contributed by atoms with Crippen LogP contribution in [0.2, 0.25) is 5.02 Å². The van der Waals surface area contributed by atoms with Gasteiger partial charge in [-0.2, -0.15) is 0 Å². The molecule has 0 atom stereocenters. The van der Waals surface area contributed by atoms with Crippen LogP contribution in [0.25, 0.3) is 11.1 Å². The lowest BCUT2D eigenvalue weighted by molar-refractivity contribution is 0.0601. The van der Waals surface area contributed by atoms with E-state index in [4.69, 9.17) is 16.0 Å². The number of benzene rings is 2. The minimum atomic E-state index is -4.05. The lowest BCUT2D eigenvalue weighted by Gasteiger charge is -2.10. The Labute approximate surface area is 153 Å². The zero-order valence-electron chi connectivity index (χ0n) is 13.6. The number of nitrogens with one attached hydrogen (secondary N) is 1. The highest BCUT2D eigenvalue weighted by atomic mass is 35.5. The van der Waals surface area contributed by atoms with Gasteiger partial charge in [-0.05, 0) is 30.3 Å². The highest BCUT2D eigenvalue weighted by molar-refractivity contribution is 7.92. The first-order valence-electron chi connectivity index (χ1n) is 7.23. The second kappa shape index (κ2) is 6.50. The van der Waals surface area contributed by atoms with Crippen molar-refractivity contribution in [3.8, 4) is 0 Å². The molecule has 136 valence electrons. The maximum Gasteiger partial charge on any atom is 0.419 e. The Kier molecular flexibility index (Phi) is 4.51. The molecular formula is C16H13ClN2O6S. The first kappa shape index (κ1) is 18.0. The molecule has 0 radical (unpaired) electrons. The molecule has 3 rings (SSSR count). The summed E-state index contributed by atoms with van der Waals surface area (Å²) in [5.41, 5.74) is 0.981. The van der Waals surface area contributed by atoms with Crippen molar-refractivity contribution in [1.29, 1.82) is 0 Å². The zero-order valence-corrected chi connectivity index (χ0v) is 15.2. The minimum absolute atomic E-state index is 0.0624. The second-order valence-corrected chi connectivity index (χ2v) is 7.41. The number of oxazole rings is 1. The fourth-order valence-corrected chi connectivity index (χ4v) is 3.93. The molecule has 0 amide bonds. The van der Waals surface area contributed by atoms with Gasteiger partial charge in [0.25, 0.3) is 10.0 Å². The Morgan fingerprint density at radius 2 is 1.88 bits per heavy atom. The van der Waals surface area contributed by atoms with E-state index >= 15 is 0 Å². The lowest BCUT2D eigenvalue weighted by Crippen LogP contribution is -2.14. The third-order valence-corrected chi connectivity index (χ3v) is 5.54. The number of esters is 1. The number of aryl methyl sites for hydroxylation is 1. The maximum absolute atomic E-state index is 12.6. The SMILES string of the molecule is COC(=O)c1ccc(NS(=O)(=O)c2cc3oc(=O)n(C)c3cc2Cl)cc1. The fourth-order valence-electron chi connectivity index (χ4n) is 2.34. The Bertz CT molecular complexity index is 1160. The van der Waals surface area contributed by atoms with Crippen LogP contribution >= 0.6 is 11.6 Å². The molecule has 0 aliphatic carbocycles. The molecule has 3 aromatic rings. The van der Waals surface area contributed by atoms with E-state index in [0.29, 0.717) is 5.52 Å². The van der Waals surface area contributed by atoms with Crippen molar-refractivity contribution >= 4 is 44.4 Å². The van der Waals surface area contributed by atoms with E-state index in [1.807, 2.05) is 0 Å². The molecule has 1 aromatic heterocycles. The molecule has 0 saturated carbocycles. The largest absolute Gasteiger partial charge is 0.465 e. The number of fused-ring (bicyclic) bond motifs is 1. The van der Waals surface area contributed by atoms with Crippen molar-refractivity contribution in [2.24, 2.45) is 7.05 Å². The van der Waals surface area contributed by atoms with Crippen molar-refractivity contribution in [2.45, 2.75) is 4.90 Å². The number of carbonyl (C=O) groups is 1. The van der Waals surface area contributed by atoms with Crippen molar-refractivity contribution in [2.75, 3.05) is 11.8 Å². The number of ether oxygens (including phenoxy) is 1. The van der Waals surface area contributed by atoms with Crippen LogP contribution < -0.4 is 10.5 Å². The van der Waals surface area contributed by atoms with Crippen LogP contribution in [0.1, 0.15) is 10.4 Å². The Hall–Kier alpha value is -2.78. The van der Waals surface area contributed by atoms with Crippen LogP contribution in [-0.4, -0.2) is 26.1 Å². The van der Waals surface area contributed by atoms with E-state index in [9.17, 15) is 18.0 Å². The molecule has 0 spiro atoms. The van der Waals surface area contributed by atoms with E-state index < -0.39 is 21.7 Å². The molecule has 0 aliphatic heterocycles. The predicted molar refractivity (Wildman–Crippen MR) is 95.1 cm³/mol. The molecule has 0 bridgehead atoms. The van der Waals surface area contributed by atoms with E-state index in [2.05, 4.69) is 9.46 Å². The predicted octanol–water partition coefficient (Wildman–Crippen LogP) is 2.37. The first-order chi connectivity index (χ1) is 12.2. The summed E-state index contributed by atoms with van der Waals surface area (Å²) in [5, 5.41) is -0.0624. The molecule has 2 aromatic carbocycles. The third kappa shape index (κ3) is 3.18. The van der Waals surface area contributed by atoms with Gasteiger partial charge in [0.2, 0.25) is 0 Å². The summed E-state index contributed by atoms with van der Waals surface area (Å²) >= 11 is 6.08. The smallest absolute Gasteiger partial charge is 0.419 e. The van der Waals surface area contributed by atoms with Crippen molar-refractivity contribution < 1.29 is 22.4 Å². The van der Waals surface area contributed by atoms with Gasteiger partial charge in [-0.25, -0.2) is 18.0 Å². The molecule has 0 aliphatic rings. The number of sulfonamides is 1. The molecular weight excluding hydrogens is 384 g/mol. The molecule has 1 N–H and O–H groups in total. The van der Waals surface area contributed by atoms with E-state index in [1.54, 1.807) is 0 Å². The summed E-state index contributed by atoms with van der Waals surface area (Å²) in [5.74, 6) is -1.16. The zero-order chi connectivity index (χ0) is 19.1. The van der Waals surface area contributed by atoms with E-state index in [1.165, 1.54) is 55.1 Å². The lowest BCUT2D eigenvalue weighted by atomic mass is 10.2. The summed E-state index contributed by atoms with van der Waals surface area (Å²) in [6.45, 7) is 0. The first-order valence-corrected chi connectivity index (χ1v) is 9.09. The van der Waals surface area contributed by atoms with Crippen LogP contribution in [-0.2, 0) is 21.8 Å². The van der Waals surface area contributed by atoms with E-state index in [-0.39, 0.29) is 26.8 Å². The molecule has 0 unspecified atom stereocenters. The van der Waals surface area contributed by atoms with Gasteiger partial charge in [0, 0.05) is 18.8 Å². The Morgan fingerprint density at radius 1 is 1.23 bits per heavy atom. The molecule has 8 nitrogen and oxygen atoms in total. The Balaban J connectivity index is 1.98. The van der Waals surface area contributed by atoms with Crippen LogP contribution in [0.3, 0.4) is 0 Å². The number of carbonyl (C=O) groups excluding carboxylic acids is 1. The van der Waals surface area contributed by atoms with Crippen molar-refractivity contribution in [1.82, 2.24) is 4.57 Å². The number of methoxy groups -OCH3 is 1. The molecule has 1 heterocycles. The number of hydrogen-bond donors (Lipinski definition) is 1. The minimum Gasteiger partial charge on any atom is -0.465 e. The summed E-state index contributed by atoms with van der Waals surface area (Å²) in [6.07, 6.45) is 0. The quantitative estimate of drug-likeness (QED) is 0.678. The second-order valence-electron chi connectivity index (χ2n) is 5.35. The van der Waals surface area contributed by atoms with Gasteiger partial charge in [-0.1, -0.05) is 11.6 Å². The number of rotatable bonds is 4. The average Bonchev–Trinajstić information content (AvgIpc) is 2.88. The number of halogens is 1. The summed E-state index contributed by atoms with van der Waals surface area (Å²) in [4.78, 5) is 22.7. The molecule has 10 heteroatoms. The van der Waals surface area contributed by atoms with Crippen molar-refractivity contribution in [3.63, 3.8) is 0 Å². The third-order valence-electron chi connectivity index (χ3n) is 3.69. The number of aromatic nitrogens is 1. The average molecular weight is 397 g/mol. The molecule has 0 fully saturated rings. The maximum atomic E-state index is 12.6. The van der Waals surface area contributed by atoms with Crippen LogP contribution in [0.5, 0.6) is 0 Å². The van der Waals surface area contributed by atoms with Gasteiger partial charge in [0.1, 0.15) is 4.90 Å². The number of hydrogen-bond acceptors (Lipinski definition) is 6. The molecule has 0 saturated heterocycles. The highest BCUT2D eigenvalue weighted by Crippen LogP contribution is 2.28. The van der Waals surface area contributed by atoms with Crippen LogP contribution in [0.4, 0.5) is 5.69 Å². The van der Waals surface area contributed by atoms with Gasteiger partial charge in [-0.15, -0.1) is 0 Å². The standard InChI is InChI=1S/C16H13ClN2O6S/c1-19-12-7-11(17)14(8-13(12)25-16(19)21)26(22,23)18-10-5-3-9(4-6-10)15(20)24-2/h3-8,18H,1-2H3. The number of anilines is 1. The highest BCUT2D eigenvalue weighted by Gasteiger charge is 2.21. The summed E-state index contributed by atoms with van der Waals surface area (Å²) in [6, 6.07) is 8.20. The van der Waals surface area contributed by atoms with Crippen LogP contribution in [0, 0.1) is 0 Å². The summed E-state index contributed by atoms with van der Waals surface area (Å²) in [7, 11) is -1.31. The topological polar surface area (TPSA) is 108 Å².